The Balaban J connectivity index is 2.77. The van der Waals surface area contributed by atoms with E-state index >= 15 is 0 Å². The molecule has 0 aliphatic carbocycles. The lowest BCUT2D eigenvalue weighted by molar-refractivity contribution is 0.0883. The van der Waals surface area contributed by atoms with Crippen molar-refractivity contribution in [2.75, 3.05) is 13.2 Å². The molecule has 1 amide bonds. The predicted octanol–water partition coefficient (Wildman–Crippen LogP) is 3.57. The van der Waals surface area contributed by atoms with Gasteiger partial charge < -0.3 is 0 Å². The Labute approximate surface area is 109 Å². The predicted molar refractivity (Wildman–Crippen MR) is 71.6 cm³/mol. The van der Waals surface area contributed by atoms with Crippen LogP contribution in [-0.4, -0.2) is 22.2 Å². The Morgan fingerprint density at radius 2 is 1.94 bits per heavy atom. The van der Waals surface area contributed by atoms with Gasteiger partial charge in [-0.2, -0.15) is 0 Å². The van der Waals surface area contributed by atoms with Gasteiger partial charge in [0.1, 0.15) is 6.67 Å². The molecule has 1 rings (SSSR count). The van der Waals surface area contributed by atoms with Gasteiger partial charge in [0.05, 0.1) is 29.4 Å². The lowest BCUT2D eigenvalue weighted by Gasteiger charge is -2.13. The first-order valence-corrected chi connectivity index (χ1v) is 6.16. The summed E-state index contributed by atoms with van der Waals surface area (Å²) in [5.41, 5.74) is 1.80. The van der Waals surface area contributed by atoms with Crippen molar-refractivity contribution in [3.05, 3.63) is 35.4 Å². The molecule has 0 atom stereocenters. The molecule has 16 heavy (non-hydrogen) atoms. The second kappa shape index (κ2) is 6.18. The molecular weight excluding hydrogens is 320 g/mol. The summed E-state index contributed by atoms with van der Waals surface area (Å²) in [6.45, 7) is 3.82. The molecule has 0 radical (unpaired) electrons. The highest BCUT2D eigenvalue weighted by Gasteiger charge is 2.12. The standard InChI is InChI=1S/C12H15FINO/c1-9(2)10-3-5-11(6-4-10)12(16)15(14)8-7-13/h3-6,9H,7-8H2,1-2H3. The normalized spacial score (nSPS) is 10.6. The van der Waals surface area contributed by atoms with E-state index in [9.17, 15) is 9.18 Å². The zero-order valence-electron chi connectivity index (χ0n) is 9.41. The molecular formula is C12H15FINO. The first-order chi connectivity index (χ1) is 7.56. The van der Waals surface area contributed by atoms with Crippen molar-refractivity contribution in [1.82, 2.24) is 3.11 Å². The highest BCUT2D eigenvalue weighted by molar-refractivity contribution is 14.1. The molecule has 0 saturated carbocycles. The number of carbonyl (C=O) groups excluding carboxylic acids is 1. The quantitative estimate of drug-likeness (QED) is 0.608. The molecule has 2 nitrogen and oxygen atoms in total. The Morgan fingerprint density at radius 1 is 1.38 bits per heavy atom. The first-order valence-electron chi connectivity index (χ1n) is 5.19. The molecule has 1 aromatic carbocycles. The van der Waals surface area contributed by atoms with Crippen molar-refractivity contribution >= 4 is 28.8 Å². The van der Waals surface area contributed by atoms with Gasteiger partial charge in [0, 0.05) is 5.56 Å². The second-order valence-corrected chi connectivity index (χ2v) is 5.02. The van der Waals surface area contributed by atoms with Crippen LogP contribution in [0.4, 0.5) is 4.39 Å². The van der Waals surface area contributed by atoms with E-state index in [2.05, 4.69) is 13.8 Å². The van der Waals surface area contributed by atoms with Crippen LogP contribution in [0.15, 0.2) is 24.3 Å². The smallest absolute Gasteiger partial charge is 0.262 e. The molecule has 1 aromatic rings. The fraction of sp³-hybridized carbons (Fsp3) is 0.417. The second-order valence-electron chi connectivity index (χ2n) is 3.86. The molecule has 0 aliphatic heterocycles. The number of amides is 1. The summed E-state index contributed by atoms with van der Waals surface area (Å²) in [6, 6.07) is 7.47. The van der Waals surface area contributed by atoms with Crippen LogP contribution in [0.5, 0.6) is 0 Å². The van der Waals surface area contributed by atoms with E-state index in [0.717, 1.165) is 0 Å². The summed E-state index contributed by atoms with van der Waals surface area (Å²) in [7, 11) is 0. The summed E-state index contributed by atoms with van der Waals surface area (Å²) in [6.07, 6.45) is 0. The maximum atomic E-state index is 12.1. The summed E-state index contributed by atoms with van der Waals surface area (Å²) < 4.78 is 13.5. The average molecular weight is 335 g/mol. The van der Waals surface area contributed by atoms with E-state index in [4.69, 9.17) is 0 Å². The topological polar surface area (TPSA) is 20.3 Å². The van der Waals surface area contributed by atoms with Crippen molar-refractivity contribution in [2.45, 2.75) is 19.8 Å². The summed E-state index contributed by atoms with van der Waals surface area (Å²) in [4.78, 5) is 11.8. The summed E-state index contributed by atoms with van der Waals surface area (Å²) in [5, 5.41) is 0. The van der Waals surface area contributed by atoms with Crippen LogP contribution >= 0.6 is 22.9 Å². The molecule has 0 bridgehead atoms. The fourth-order valence-electron chi connectivity index (χ4n) is 1.33. The number of hydrogen-bond acceptors (Lipinski definition) is 1. The van der Waals surface area contributed by atoms with Gasteiger partial charge in [-0.3, -0.25) is 7.91 Å². The average Bonchev–Trinajstić information content (AvgIpc) is 2.28. The van der Waals surface area contributed by atoms with Crippen LogP contribution in [0.3, 0.4) is 0 Å². The van der Waals surface area contributed by atoms with E-state index in [0.29, 0.717) is 11.5 Å². The van der Waals surface area contributed by atoms with Crippen LogP contribution in [0, 0.1) is 0 Å². The van der Waals surface area contributed by atoms with E-state index in [-0.39, 0.29) is 12.5 Å². The largest absolute Gasteiger partial charge is 0.278 e. The van der Waals surface area contributed by atoms with Gasteiger partial charge in [-0.25, -0.2) is 4.39 Å². The monoisotopic (exact) mass is 335 g/mol. The highest BCUT2D eigenvalue weighted by atomic mass is 127. The molecule has 0 spiro atoms. The third kappa shape index (κ3) is 3.43. The molecule has 88 valence electrons. The van der Waals surface area contributed by atoms with Crippen molar-refractivity contribution < 1.29 is 9.18 Å². The first kappa shape index (κ1) is 13.4. The van der Waals surface area contributed by atoms with Crippen molar-refractivity contribution in [3.63, 3.8) is 0 Å². The molecule has 0 heterocycles. The maximum Gasteiger partial charge on any atom is 0.262 e. The minimum Gasteiger partial charge on any atom is -0.278 e. The van der Waals surface area contributed by atoms with Crippen LogP contribution in [0.1, 0.15) is 35.7 Å². The summed E-state index contributed by atoms with van der Waals surface area (Å²) >= 11 is 1.84. The van der Waals surface area contributed by atoms with Crippen LogP contribution in [0.2, 0.25) is 0 Å². The van der Waals surface area contributed by atoms with Crippen molar-refractivity contribution in [3.8, 4) is 0 Å². The lowest BCUT2D eigenvalue weighted by Crippen LogP contribution is -2.22. The van der Waals surface area contributed by atoms with Crippen LogP contribution in [-0.2, 0) is 0 Å². The highest BCUT2D eigenvalue weighted by Crippen LogP contribution is 2.16. The van der Waals surface area contributed by atoms with Gasteiger partial charge in [-0.15, -0.1) is 0 Å². The Kier molecular flexibility index (Phi) is 5.18. The maximum absolute atomic E-state index is 12.1. The Hall–Kier alpha value is -0.650. The van der Waals surface area contributed by atoms with Gasteiger partial charge in [0.25, 0.3) is 5.91 Å². The number of alkyl halides is 1. The minimum absolute atomic E-state index is 0.130. The van der Waals surface area contributed by atoms with Gasteiger partial charge in [-0.05, 0) is 23.6 Å². The van der Waals surface area contributed by atoms with Crippen molar-refractivity contribution in [1.29, 1.82) is 0 Å². The molecule has 0 fully saturated rings. The lowest BCUT2D eigenvalue weighted by atomic mass is 10.0. The van der Waals surface area contributed by atoms with Gasteiger partial charge in [-0.1, -0.05) is 26.0 Å². The van der Waals surface area contributed by atoms with Gasteiger partial charge in [0.2, 0.25) is 0 Å². The number of hydrogen-bond donors (Lipinski definition) is 0. The Morgan fingerprint density at radius 3 is 2.38 bits per heavy atom. The van der Waals surface area contributed by atoms with E-state index in [1.807, 2.05) is 35.0 Å². The van der Waals surface area contributed by atoms with Crippen molar-refractivity contribution in [2.24, 2.45) is 0 Å². The zero-order valence-corrected chi connectivity index (χ0v) is 11.6. The molecule has 0 unspecified atom stereocenters. The van der Waals surface area contributed by atoms with E-state index in [1.165, 1.54) is 8.68 Å². The SMILES string of the molecule is CC(C)c1ccc(C(=O)N(I)CCF)cc1. The molecule has 0 aliphatic rings. The number of halogens is 2. The zero-order chi connectivity index (χ0) is 12.1. The van der Waals surface area contributed by atoms with Crippen LogP contribution in [0.25, 0.3) is 0 Å². The van der Waals surface area contributed by atoms with Gasteiger partial charge >= 0.3 is 0 Å². The van der Waals surface area contributed by atoms with E-state index < -0.39 is 6.67 Å². The third-order valence-electron chi connectivity index (χ3n) is 2.33. The number of nitrogens with zero attached hydrogens (tertiary/aromatic N) is 1. The Bertz CT molecular complexity index is 351. The third-order valence-corrected chi connectivity index (χ3v) is 3.25. The number of rotatable bonds is 4. The number of benzene rings is 1. The molecule has 0 aromatic heterocycles. The summed E-state index contributed by atoms with van der Waals surface area (Å²) in [5.74, 6) is 0.305. The minimum atomic E-state index is -0.515. The molecule has 4 heteroatoms. The van der Waals surface area contributed by atoms with E-state index in [1.54, 1.807) is 12.1 Å². The fourth-order valence-corrected chi connectivity index (χ4v) is 1.79. The number of carbonyl (C=O) groups is 1. The van der Waals surface area contributed by atoms with Gasteiger partial charge in [0.15, 0.2) is 0 Å². The molecule has 0 N–H and O–H groups in total. The molecule has 0 saturated heterocycles. The van der Waals surface area contributed by atoms with Crippen LogP contribution < -0.4 is 0 Å².